The SMILES string of the molecule is Cc1cc(C(=O)NNC(=O)CCC2Cc3ccccc3NC2=O)c(C)n1-c1ccc(F)cc1. The second-order valence-corrected chi connectivity index (χ2v) is 8.19. The van der Waals surface area contributed by atoms with Crippen LogP contribution in [0.2, 0.25) is 0 Å². The molecule has 1 aromatic heterocycles. The number of aryl methyl sites for hydroxylation is 1. The summed E-state index contributed by atoms with van der Waals surface area (Å²) >= 11 is 0. The van der Waals surface area contributed by atoms with Crippen molar-refractivity contribution in [3.63, 3.8) is 0 Å². The molecule has 33 heavy (non-hydrogen) atoms. The van der Waals surface area contributed by atoms with E-state index in [2.05, 4.69) is 16.2 Å². The number of benzene rings is 2. The van der Waals surface area contributed by atoms with Crippen LogP contribution in [0.5, 0.6) is 0 Å². The molecule has 0 fully saturated rings. The Labute approximate surface area is 191 Å². The van der Waals surface area contributed by atoms with E-state index in [-0.39, 0.29) is 30.0 Å². The van der Waals surface area contributed by atoms with Crippen molar-refractivity contribution in [2.45, 2.75) is 33.1 Å². The summed E-state index contributed by atoms with van der Waals surface area (Å²) in [7, 11) is 0. The summed E-state index contributed by atoms with van der Waals surface area (Å²) in [5.41, 5.74) is 9.35. The molecule has 2 aromatic carbocycles. The molecule has 1 atom stereocenters. The largest absolute Gasteiger partial charge is 0.326 e. The predicted octanol–water partition coefficient (Wildman–Crippen LogP) is 3.59. The summed E-state index contributed by atoms with van der Waals surface area (Å²) in [5, 5.41) is 2.87. The Morgan fingerprint density at radius 1 is 1.09 bits per heavy atom. The van der Waals surface area contributed by atoms with E-state index in [0.29, 0.717) is 24.1 Å². The van der Waals surface area contributed by atoms with Crippen molar-refractivity contribution in [1.29, 1.82) is 0 Å². The molecule has 3 N–H and O–H groups in total. The van der Waals surface area contributed by atoms with Crippen LogP contribution in [0.1, 0.15) is 40.2 Å². The second kappa shape index (κ2) is 9.28. The van der Waals surface area contributed by atoms with E-state index in [9.17, 15) is 18.8 Å². The third-order valence-electron chi connectivity index (χ3n) is 5.91. The van der Waals surface area contributed by atoms with Crippen LogP contribution < -0.4 is 16.2 Å². The molecule has 0 radical (unpaired) electrons. The lowest BCUT2D eigenvalue weighted by Gasteiger charge is -2.24. The van der Waals surface area contributed by atoms with Gasteiger partial charge in [-0.1, -0.05) is 18.2 Å². The van der Waals surface area contributed by atoms with Crippen LogP contribution in [0.15, 0.2) is 54.6 Å². The molecule has 0 spiro atoms. The molecule has 2 heterocycles. The predicted molar refractivity (Wildman–Crippen MR) is 122 cm³/mol. The Hall–Kier alpha value is -3.94. The van der Waals surface area contributed by atoms with Gasteiger partial charge in [0.05, 0.1) is 5.56 Å². The molecule has 4 rings (SSSR count). The van der Waals surface area contributed by atoms with Crippen molar-refractivity contribution >= 4 is 23.4 Å². The highest BCUT2D eigenvalue weighted by atomic mass is 19.1. The number of carbonyl (C=O) groups is 3. The fourth-order valence-electron chi connectivity index (χ4n) is 4.19. The number of halogens is 1. The normalized spacial score (nSPS) is 14.9. The molecule has 0 bridgehead atoms. The summed E-state index contributed by atoms with van der Waals surface area (Å²) in [6.07, 6.45) is 1.06. The van der Waals surface area contributed by atoms with E-state index in [1.807, 2.05) is 35.8 Å². The van der Waals surface area contributed by atoms with Gasteiger partial charge < -0.3 is 9.88 Å². The van der Waals surface area contributed by atoms with Crippen LogP contribution >= 0.6 is 0 Å². The van der Waals surface area contributed by atoms with Gasteiger partial charge in [-0.05, 0) is 68.7 Å². The highest BCUT2D eigenvalue weighted by molar-refractivity contribution is 5.97. The van der Waals surface area contributed by atoms with Crippen LogP contribution in [0.4, 0.5) is 10.1 Å². The Kier molecular flexibility index (Phi) is 6.26. The van der Waals surface area contributed by atoms with Gasteiger partial charge in [-0.15, -0.1) is 0 Å². The molecule has 7 nitrogen and oxygen atoms in total. The Morgan fingerprint density at radius 2 is 1.82 bits per heavy atom. The third-order valence-corrected chi connectivity index (χ3v) is 5.91. The van der Waals surface area contributed by atoms with E-state index in [1.54, 1.807) is 25.1 Å². The summed E-state index contributed by atoms with van der Waals surface area (Å²) in [5.74, 6) is -1.55. The Morgan fingerprint density at radius 3 is 2.58 bits per heavy atom. The van der Waals surface area contributed by atoms with E-state index < -0.39 is 5.91 Å². The molecule has 1 aliphatic rings. The van der Waals surface area contributed by atoms with Crippen molar-refractivity contribution in [2.75, 3.05) is 5.32 Å². The van der Waals surface area contributed by atoms with Gasteiger partial charge >= 0.3 is 0 Å². The van der Waals surface area contributed by atoms with Crippen molar-refractivity contribution in [1.82, 2.24) is 15.4 Å². The quantitative estimate of drug-likeness (QED) is 0.521. The number of amides is 3. The zero-order valence-corrected chi connectivity index (χ0v) is 18.4. The fraction of sp³-hybridized carbons (Fsp3) is 0.240. The van der Waals surface area contributed by atoms with Crippen LogP contribution in [0.3, 0.4) is 0 Å². The Bertz CT molecular complexity index is 1220. The number of hydrazine groups is 1. The average Bonchev–Trinajstić information content (AvgIpc) is 3.10. The number of nitrogens with zero attached hydrogens (tertiary/aromatic N) is 1. The molecule has 170 valence electrons. The van der Waals surface area contributed by atoms with Gasteiger partial charge in [0.25, 0.3) is 5.91 Å². The van der Waals surface area contributed by atoms with Crippen LogP contribution in [0, 0.1) is 25.6 Å². The zero-order chi connectivity index (χ0) is 23.5. The van der Waals surface area contributed by atoms with E-state index in [1.165, 1.54) is 12.1 Å². The molecule has 0 aliphatic carbocycles. The number of anilines is 1. The maximum Gasteiger partial charge on any atom is 0.271 e. The Balaban J connectivity index is 1.33. The van der Waals surface area contributed by atoms with E-state index >= 15 is 0 Å². The zero-order valence-electron chi connectivity index (χ0n) is 18.4. The minimum absolute atomic E-state index is 0.0984. The first-order valence-corrected chi connectivity index (χ1v) is 10.8. The first-order chi connectivity index (χ1) is 15.8. The number of rotatable bonds is 5. The van der Waals surface area contributed by atoms with Crippen molar-refractivity contribution in [3.05, 3.63) is 82.9 Å². The molecule has 3 amide bonds. The van der Waals surface area contributed by atoms with Gasteiger partial charge in [0, 0.05) is 35.1 Å². The molecule has 8 heteroatoms. The average molecular weight is 448 g/mol. The standard InChI is InChI=1S/C25H25FN4O3/c1-15-13-21(16(2)30(15)20-10-8-19(26)9-11-20)25(33)29-28-23(31)12-7-18-14-17-5-3-4-6-22(17)27-24(18)32/h3-6,8-11,13,18H,7,12,14H2,1-2H3,(H,27,32)(H,28,31)(H,29,33). The molecule has 3 aromatic rings. The number of hydrogen-bond donors (Lipinski definition) is 3. The second-order valence-electron chi connectivity index (χ2n) is 8.19. The topological polar surface area (TPSA) is 92.2 Å². The highest BCUT2D eigenvalue weighted by Gasteiger charge is 2.26. The lowest BCUT2D eigenvalue weighted by Crippen LogP contribution is -2.42. The third kappa shape index (κ3) is 4.79. The number of hydrogen-bond acceptors (Lipinski definition) is 3. The minimum atomic E-state index is -0.450. The first kappa shape index (κ1) is 22.3. The van der Waals surface area contributed by atoms with Gasteiger partial charge in [0.2, 0.25) is 11.8 Å². The van der Waals surface area contributed by atoms with Crippen molar-refractivity contribution in [2.24, 2.45) is 5.92 Å². The highest BCUT2D eigenvalue weighted by Crippen LogP contribution is 2.27. The van der Waals surface area contributed by atoms with Gasteiger partial charge in [-0.3, -0.25) is 25.2 Å². The molecule has 1 aliphatic heterocycles. The lowest BCUT2D eigenvalue weighted by molar-refractivity contribution is -0.123. The van der Waals surface area contributed by atoms with Gasteiger partial charge in [0.1, 0.15) is 5.82 Å². The molecular formula is C25H25FN4O3. The number of fused-ring (bicyclic) bond motifs is 1. The molecular weight excluding hydrogens is 423 g/mol. The molecule has 1 unspecified atom stereocenters. The van der Waals surface area contributed by atoms with Crippen LogP contribution in [-0.4, -0.2) is 22.3 Å². The van der Waals surface area contributed by atoms with Gasteiger partial charge in [-0.2, -0.15) is 0 Å². The van der Waals surface area contributed by atoms with Gasteiger partial charge in [-0.25, -0.2) is 4.39 Å². The molecule has 0 saturated heterocycles. The lowest BCUT2D eigenvalue weighted by atomic mass is 9.89. The van der Waals surface area contributed by atoms with Gasteiger partial charge in [0.15, 0.2) is 0 Å². The van der Waals surface area contributed by atoms with Crippen LogP contribution in [-0.2, 0) is 16.0 Å². The maximum absolute atomic E-state index is 13.2. The minimum Gasteiger partial charge on any atom is -0.326 e. The monoisotopic (exact) mass is 448 g/mol. The summed E-state index contributed by atoms with van der Waals surface area (Å²) in [6, 6.07) is 15.3. The smallest absolute Gasteiger partial charge is 0.271 e. The first-order valence-electron chi connectivity index (χ1n) is 10.8. The van der Waals surface area contributed by atoms with Crippen LogP contribution in [0.25, 0.3) is 5.69 Å². The number of nitrogens with one attached hydrogen (secondary N) is 3. The summed E-state index contributed by atoms with van der Waals surface area (Å²) in [4.78, 5) is 37.2. The van der Waals surface area contributed by atoms with Crippen molar-refractivity contribution in [3.8, 4) is 5.69 Å². The van der Waals surface area contributed by atoms with Crippen molar-refractivity contribution < 1.29 is 18.8 Å². The number of carbonyl (C=O) groups excluding carboxylic acids is 3. The fourth-order valence-corrected chi connectivity index (χ4v) is 4.19. The molecule has 0 saturated carbocycles. The summed E-state index contributed by atoms with van der Waals surface area (Å²) in [6.45, 7) is 3.63. The maximum atomic E-state index is 13.2. The number of aromatic nitrogens is 1. The van der Waals surface area contributed by atoms with E-state index in [4.69, 9.17) is 0 Å². The van der Waals surface area contributed by atoms with E-state index in [0.717, 1.165) is 22.6 Å². The summed E-state index contributed by atoms with van der Waals surface area (Å²) < 4.78 is 15.1. The number of para-hydroxylation sites is 1.